The van der Waals surface area contributed by atoms with Crippen LogP contribution < -0.4 is 15.6 Å². The minimum absolute atomic E-state index is 0.172. The molecule has 0 radical (unpaired) electrons. The number of thiophene rings is 1. The highest BCUT2D eigenvalue weighted by molar-refractivity contribution is 7.20. The number of carbonyl (C=O) groups excluding carboxylic acids is 1. The van der Waals surface area contributed by atoms with Gasteiger partial charge in [0.25, 0.3) is 17.2 Å². The van der Waals surface area contributed by atoms with Crippen LogP contribution in [0.5, 0.6) is 5.75 Å². The molecule has 0 unspecified atom stereocenters. The van der Waals surface area contributed by atoms with Crippen molar-refractivity contribution in [2.45, 2.75) is 33.2 Å². The number of aryl methyl sites for hydroxylation is 2. The lowest BCUT2D eigenvalue weighted by atomic mass is 10.2. The first-order chi connectivity index (χ1) is 13.9. The molecule has 0 atom stereocenters. The molecule has 10 heteroatoms. The Morgan fingerprint density at radius 3 is 2.83 bits per heavy atom. The van der Waals surface area contributed by atoms with Crippen LogP contribution in [0.15, 0.2) is 29.3 Å². The van der Waals surface area contributed by atoms with Gasteiger partial charge >= 0.3 is 0 Å². The molecule has 0 aliphatic heterocycles. The molecule has 1 amide bonds. The van der Waals surface area contributed by atoms with Crippen molar-refractivity contribution >= 4 is 38.8 Å². The second-order valence-corrected chi connectivity index (χ2v) is 7.43. The first-order valence-corrected chi connectivity index (χ1v) is 9.81. The number of nitrogens with one attached hydrogen (secondary N) is 1. The molecule has 9 nitrogen and oxygen atoms in total. The highest BCUT2D eigenvalue weighted by Gasteiger charge is 2.21. The summed E-state index contributed by atoms with van der Waals surface area (Å²) in [6.07, 6.45) is 3.31. The van der Waals surface area contributed by atoms with Crippen LogP contribution in [0.4, 0.5) is 11.4 Å². The van der Waals surface area contributed by atoms with Crippen molar-refractivity contribution in [1.29, 1.82) is 0 Å². The Hall–Kier alpha value is -3.27. The van der Waals surface area contributed by atoms with Gasteiger partial charge in [-0.2, -0.15) is 0 Å². The number of nitro benzene ring substituents is 1. The van der Waals surface area contributed by atoms with Gasteiger partial charge in [-0.25, -0.2) is 4.98 Å². The average molecular weight is 416 g/mol. The first-order valence-electron chi connectivity index (χ1n) is 8.99. The van der Waals surface area contributed by atoms with Gasteiger partial charge < -0.3 is 10.1 Å². The van der Waals surface area contributed by atoms with E-state index in [9.17, 15) is 19.7 Å². The molecule has 1 aromatic carbocycles. The summed E-state index contributed by atoms with van der Waals surface area (Å²) in [6.45, 7) is 4.31. The van der Waals surface area contributed by atoms with E-state index in [0.29, 0.717) is 33.0 Å². The molecule has 0 bridgehead atoms. The monoisotopic (exact) mass is 416 g/mol. The molecule has 0 aliphatic carbocycles. The topological polar surface area (TPSA) is 116 Å². The zero-order valence-corrected chi connectivity index (χ0v) is 17.0. The van der Waals surface area contributed by atoms with Crippen LogP contribution in [0.3, 0.4) is 0 Å². The van der Waals surface area contributed by atoms with Gasteiger partial charge in [0, 0.05) is 18.7 Å². The maximum absolute atomic E-state index is 12.9. The molecule has 3 aromatic rings. The number of rotatable bonds is 7. The third-order valence-corrected chi connectivity index (χ3v) is 5.72. The number of nitro groups is 1. The summed E-state index contributed by atoms with van der Waals surface area (Å²) in [4.78, 5) is 41.2. The van der Waals surface area contributed by atoms with E-state index in [1.165, 1.54) is 31.6 Å². The number of anilines is 1. The molecule has 0 spiro atoms. The summed E-state index contributed by atoms with van der Waals surface area (Å²) in [5.41, 5.74) is 0.367. The van der Waals surface area contributed by atoms with Crippen molar-refractivity contribution in [3.63, 3.8) is 0 Å². The first kappa shape index (κ1) is 20.5. The van der Waals surface area contributed by atoms with Gasteiger partial charge in [-0.3, -0.25) is 24.3 Å². The predicted molar refractivity (Wildman–Crippen MR) is 111 cm³/mol. The van der Waals surface area contributed by atoms with Crippen LogP contribution in [0.2, 0.25) is 0 Å². The summed E-state index contributed by atoms with van der Waals surface area (Å²) in [7, 11) is 1.41. The average Bonchev–Trinajstić information content (AvgIpc) is 3.04. The number of fused-ring (bicyclic) bond motifs is 1. The zero-order valence-electron chi connectivity index (χ0n) is 16.2. The van der Waals surface area contributed by atoms with Gasteiger partial charge in [0.1, 0.15) is 10.6 Å². The number of non-ortho nitro benzene ring substituents is 1. The maximum atomic E-state index is 12.9. The van der Waals surface area contributed by atoms with Crippen LogP contribution >= 0.6 is 11.3 Å². The number of unbranched alkanes of at least 4 members (excludes halogenated alkanes) is 1. The molecular weight excluding hydrogens is 396 g/mol. The second-order valence-electron chi connectivity index (χ2n) is 6.43. The Morgan fingerprint density at radius 1 is 1.41 bits per heavy atom. The predicted octanol–water partition coefficient (Wildman–Crippen LogP) is 3.74. The number of ether oxygens (including phenoxy) is 1. The van der Waals surface area contributed by atoms with Gasteiger partial charge in [0.05, 0.1) is 34.3 Å². The summed E-state index contributed by atoms with van der Waals surface area (Å²) in [6, 6.07) is 3.94. The van der Waals surface area contributed by atoms with Crippen molar-refractivity contribution in [3.8, 4) is 5.75 Å². The lowest BCUT2D eigenvalue weighted by molar-refractivity contribution is -0.384. The summed E-state index contributed by atoms with van der Waals surface area (Å²) >= 11 is 1.11. The number of hydrogen-bond donors (Lipinski definition) is 1. The van der Waals surface area contributed by atoms with E-state index < -0.39 is 10.8 Å². The molecule has 2 heterocycles. The fourth-order valence-corrected chi connectivity index (χ4v) is 3.98. The molecule has 2 aromatic heterocycles. The van der Waals surface area contributed by atoms with Crippen molar-refractivity contribution in [3.05, 3.63) is 55.4 Å². The van der Waals surface area contributed by atoms with E-state index >= 15 is 0 Å². The molecule has 152 valence electrons. The highest BCUT2D eigenvalue weighted by atomic mass is 32.1. The van der Waals surface area contributed by atoms with Gasteiger partial charge in [-0.1, -0.05) is 13.3 Å². The third-order valence-electron chi connectivity index (χ3n) is 4.52. The smallest absolute Gasteiger partial charge is 0.271 e. The number of hydrogen-bond acceptors (Lipinski definition) is 7. The Bertz CT molecular complexity index is 1150. The second kappa shape index (κ2) is 8.39. The van der Waals surface area contributed by atoms with E-state index in [1.54, 1.807) is 11.5 Å². The fourth-order valence-electron chi connectivity index (χ4n) is 2.95. The molecule has 29 heavy (non-hydrogen) atoms. The largest absolute Gasteiger partial charge is 0.495 e. The van der Waals surface area contributed by atoms with Crippen molar-refractivity contribution in [2.24, 2.45) is 0 Å². The van der Waals surface area contributed by atoms with Crippen LogP contribution in [-0.4, -0.2) is 27.5 Å². The van der Waals surface area contributed by atoms with E-state index in [1.807, 2.05) is 6.92 Å². The Morgan fingerprint density at radius 2 is 2.17 bits per heavy atom. The van der Waals surface area contributed by atoms with E-state index in [0.717, 1.165) is 24.2 Å². The molecular formula is C19H20N4O5S. The van der Waals surface area contributed by atoms with E-state index in [2.05, 4.69) is 10.3 Å². The molecule has 0 aliphatic rings. The van der Waals surface area contributed by atoms with E-state index in [4.69, 9.17) is 4.74 Å². The number of amides is 1. The zero-order chi connectivity index (χ0) is 21.1. The number of nitrogens with zero attached hydrogens (tertiary/aromatic N) is 3. The highest BCUT2D eigenvalue weighted by Crippen LogP contribution is 2.32. The van der Waals surface area contributed by atoms with Crippen LogP contribution in [0.1, 0.15) is 35.0 Å². The molecule has 0 saturated heterocycles. The van der Waals surface area contributed by atoms with Crippen molar-refractivity contribution in [1.82, 2.24) is 9.55 Å². The minimum Gasteiger partial charge on any atom is -0.495 e. The van der Waals surface area contributed by atoms with Crippen LogP contribution in [0, 0.1) is 17.0 Å². The lowest BCUT2D eigenvalue weighted by Crippen LogP contribution is -2.20. The van der Waals surface area contributed by atoms with Crippen molar-refractivity contribution in [2.75, 3.05) is 12.4 Å². The van der Waals surface area contributed by atoms with E-state index in [-0.39, 0.29) is 16.9 Å². The quantitative estimate of drug-likeness (QED) is 0.463. The SMILES string of the molecule is CCCCn1cnc2sc(C(=O)Nc3cc([N+](=O)[O-])ccc3OC)c(C)c2c1=O. The third kappa shape index (κ3) is 3.97. The Balaban J connectivity index is 1.99. The standard InChI is InChI=1S/C19H20N4O5S/c1-4-5-8-22-10-20-18-15(19(22)25)11(2)16(29-18)17(24)21-13-9-12(23(26)27)6-7-14(13)28-3/h6-7,9-10H,4-5,8H2,1-3H3,(H,21,24). The number of methoxy groups -OCH3 is 1. The maximum Gasteiger partial charge on any atom is 0.271 e. The summed E-state index contributed by atoms with van der Waals surface area (Å²) < 4.78 is 6.73. The van der Waals surface area contributed by atoms with Crippen LogP contribution in [0.25, 0.3) is 10.2 Å². The number of aromatic nitrogens is 2. The van der Waals surface area contributed by atoms with Crippen molar-refractivity contribution < 1.29 is 14.5 Å². The Kier molecular flexibility index (Phi) is 5.92. The van der Waals surface area contributed by atoms with Gasteiger partial charge in [0.2, 0.25) is 0 Å². The lowest BCUT2D eigenvalue weighted by Gasteiger charge is -2.09. The van der Waals surface area contributed by atoms with Gasteiger partial charge in [0.15, 0.2) is 0 Å². The molecule has 0 fully saturated rings. The minimum atomic E-state index is -0.553. The van der Waals surface area contributed by atoms with Gasteiger partial charge in [-0.15, -0.1) is 11.3 Å². The molecule has 1 N–H and O–H groups in total. The van der Waals surface area contributed by atoms with Crippen LogP contribution in [-0.2, 0) is 6.54 Å². The number of benzene rings is 1. The Labute approximate surface area is 170 Å². The summed E-state index contributed by atoms with van der Waals surface area (Å²) in [5.74, 6) is -0.188. The molecule has 0 saturated carbocycles. The van der Waals surface area contributed by atoms with Gasteiger partial charge in [-0.05, 0) is 25.0 Å². The summed E-state index contributed by atoms with van der Waals surface area (Å²) in [5, 5.41) is 14.1. The molecule has 3 rings (SSSR count). The number of carbonyl (C=O) groups is 1. The normalized spacial score (nSPS) is 10.9. The fraction of sp³-hybridized carbons (Fsp3) is 0.316.